The van der Waals surface area contributed by atoms with Gasteiger partial charge >= 0.3 is 11.9 Å². The van der Waals surface area contributed by atoms with Crippen LogP contribution in [0.1, 0.15) is 46.1 Å². The van der Waals surface area contributed by atoms with Gasteiger partial charge in [-0.25, -0.2) is 0 Å². The van der Waals surface area contributed by atoms with Gasteiger partial charge in [0.25, 0.3) is 0 Å². The van der Waals surface area contributed by atoms with Crippen LogP contribution in [0.4, 0.5) is 0 Å². The lowest BCUT2D eigenvalue weighted by Gasteiger charge is -2.50. The van der Waals surface area contributed by atoms with Gasteiger partial charge in [-0.3, -0.25) is 14.4 Å². The van der Waals surface area contributed by atoms with Crippen LogP contribution in [0, 0.1) is 35.0 Å². The molecule has 0 aliphatic heterocycles. The average Bonchev–Trinajstić information content (AvgIpc) is 3.26. The zero-order valence-corrected chi connectivity index (χ0v) is 22.2. The Balaban J connectivity index is 1.52. The van der Waals surface area contributed by atoms with E-state index in [2.05, 4.69) is 0 Å². The summed E-state index contributed by atoms with van der Waals surface area (Å²) in [5.74, 6) is -6.38. The summed E-state index contributed by atoms with van der Waals surface area (Å²) in [7, 11) is 0. The van der Waals surface area contributed by atoms with E-state index in [-0.39, 0.29) is 25.9 Å². The Labute approximate surface area is 222 Å². The zero-order chi connectivity index (χ0) is 27.8. The molecule has 4 aliphatic carbocycles. The Kier molecular flexibility index (Phi) is 6.06. The lowest BCUT2D eigenvalue weighted by molar-refractivity contribution is -0.190. The number of ketones is 1. The van der Waals surface area contributed by atoms with Crippen LogP contribution >= 0.6 is 0 Å². The average molecular weight is 525 g/mol. The molecule has 0 heterocycles. The van der Waals surface area contributed by atoms with Gasteiger partial charge in [0.05, 0.1) is 12.2 Å². The van der Waals surface area contributed by atoms with Crippen LogP contribution in [-0.4, -0.2) is 61.6 Å². The molecule has 8 nitrogen and oxygen atoms in total. The van der Waals surface area contributed by atoms with Crippen LogP contribution in [0.5, 0.6) is 0 Å². The molecular formula is C30H36O8. The second kappa shape index (κ2) is 8.60. The predicted octanol–water partition coefficient (Wildman–Crippen LogP) is 2.45. The highest BCUT2D eigenvalue weighted by atomic mass is 16.6. The second-order valence-electron chi connectivity index (χ2n) is 12.3. The van der Waals surface area contributed by atoms with Crippen molar-refractivity contribution in [1.29, 1.82) is 0 Å². The summed E-state index contributed by atoms with van der Waals surface area (Å²) >= 11 is 0. The molecule has 0 bridgehead atoms. The normalized spacial score (nSPS) is 39.5. The minimum atomic E-state index is -1.86. The molecule has 0 spiro atoms. The number of aliphatic hydroxyl groups is 3. The molecule has 0 amide bonds. The Morgan fingerprint density at radius 1 is 1.13 bits per heavy atom. The standard InChI is InChI=1S/C30H36O8/c1-16-10-22-28(36,24(16)32)14-19(15-31)12-21-23-27(3,4)29(23,13-17(2)30(21,22)37)38-26(35)20(25(33)34)11-18-8-6-5-7-9-18/h5-10,12,17,20-23,31,36-37H,11,13-15H2,1-4H3,(H,33,34)/t17-,20?,21+,22-,23+,28-,29+,30-/m1/s1. The summed E-state index contributed by atoms with van der Waals surface area (Å²) in [5.41, 5.74) is -3.54. The summed E-state index contributed by atoms with van der Waals surface area (Å²) in [4.78, 5) is 38.6. The van der Waals surface area contributed by atoms with Crippen molar-refractivity contribution < 1.29 is 39.5 Å². The molecule has 2 fully saturated rings. The lowest BCUT2D eigenvalue weighted by atomic mass is 9.60. The summed E-state index contributed by atoms with van der Waals surface area (Å²) in [5, 5.41) is 44.0. The van der Waals surface area contributed by atoms with Gasteiger partial charge in [-0.05, 0) is 42.4 Å². The third kappa shape index (κ3) is 3.50. The van der Waals surface area contributed by atoms with Gasteiger partial charge in [0, 0.05) is 29.6 Å². The number of rotatable bonds is 6. The summed E-state index contributed by atoms with van der Waals surface area (Å²) < 4.78 is 6.15. The maximum absolute atomic E-state index is 13.4. The van der Waals surface area contributed by atoms with Crippen LogP contribution in [0.25, 0.3) is 0 Å². The van der Waals surface area contributed by atoms with Crippen molar-refractivity contribution in [3.63, 3.8) is 0 Å². The predicted molar refractivity (Wildman–Crippen MR) is 137 cm³/mol. The SMILES string of the molecule is CC1=C[C@H]2[C@@]3(O)[C@H](C)C[C@]4(OC(=O)C(Cc5ccccc5)C(=O)O)[C@@H]([C@@H]3C=C(CO)C[C@]2(O)C1=O)C4(C)C. The highest BCUT2D eigenvalue weighted by molar-refractivity contribution is 6.04. The first-order valence-electron chi connectivity index (χ1n) is 13.2. The van der Waals surface area contributed by atoms with Crippen molar-refractivity contribution >= 4 is 17.7 Å². The third-order valence-corrected chi connectivity index (χ3v) is 10.0. The number of fused-ring (bicyclic) bond motifs is 5. The van der Waals surface area contributed by atoms with E-state index in [1.54, 1.807) is 43.3 Å². The number of hydrogen-bond donors (Lipinski definition) is 4. The molecule has 0 radical (unpaired) electrons. The fraction of sp³-hybridized carbons (Fsp3) is 0.567. The Morgan fingerprint density at radius 3 is 2.39 bits per heavy atom. The van der Waals surface area contributed by atoms with Crippen molar-refractivity contribution in [2.75, 3.05) is 6.61 Å². The number of carboxylic acids is 1. The molecule has 4 N–H and O–H groups in total. The van der Waals surface area contributed by atoms with E-state index in [4.69, 9.17) is 4.74 Å². The van der Waals surface area contributed by atoms with Crippen LogP contribution in [0.15, 0.2) is 53.6 Å². The smallest absolute Gasteiger partial charge is 0.321 e. The van der Waals surface area contributed by atoms with Crippen molar-refractivity contribution in [3.8, 4) is 0 Å². The molecule has 204 valence electrons. The number of Topliss-reactive ketones (excluding diaryl/α,β-unsaturated/α-hetero) is 1. The van der Waals surface area contributed by atoms with Crippen LogP contribution in [-0.2, 0) is 25.5 Å². The van der Waals surface area contributed by atoms with Gasteiger partial charge in [0.2, 0.25) is 0 Å². The van der Waals surface area contributed by atoms with E-state index < -0.39 is 69.5 Å². The zero-order valence-electron chi connectivity index (χ0n) is 22.2. The first-order valence-corrected chi connectivity index (χ1v) is 13.2. The molecule has 2 saturated carbocycles. The van der Waals surface area contributed by atoms with Gasteiger partial charge in [-0.2, -0.15) is 0 Å². The minimum absolute atomic E-state index is 0.00501. The fourth-order valence-corrected chi connectivity index (χ4v) is 7.97. The number of aliphatic hydroxyl groups excluding tert-OH is 1. The van der Waals surface area contributed by atoms with E-state index in [0.29, 0.717) is 16.7 Å². The number of carboxylic acid groups (broad SMARTS) is 1. The second-order valence-corrected chi connectivity index (χ2v) is 12.3. The number of carbonyl (C=O) groups is 3. The van der Waals surface area contributed by atoms with Gasteiger partial charge in [-0.15, -0.1) is 0 Å². The van der Waals surface area contributed by atoms with E-state index in [1.165, 1.54) is 0 Å². The lowest BCUT2D eigenvalue weighted by Crippen LogP contribution is -2.61. The molecule has 1 aromatic rings. The van der Waals surface area contributed by atoms with E-state index >= 15 is 0 Å². The summed E-state index contributed by atoms with van der Waals surface area (Å²) in [6.45, 7) is 6.91. The van der Waals surface area contributed by atoms with Gasteiger partial charge in [0.1, 0.15) is 11.2 Å². The molecule has 8 heteroatoms. The van der Waals surface area contributed by atoms with Gasteiger partial charge in [-0.1, -0.05) is 63.3 Å². The maximum Gasteiger partial charge on any atom is 0.321 e. The van der Waals surface area contributed by atoms with E-state index in [9.17, 15) is 34.8 Å². The number of aliphatic carboxylic acids is 1. The van der Waals surface area contributed by atoms with Crippen molar-refractivity contribution in [1.82, 2.24) is 0 Å². The van der Waals surface area contributed by atoms with Crippen molar-refractivity contribution in [2.24, 2.45) is 35.0 Å². The van der Waals surface area contributed by atoms with Crippen LogP contribution in [0.3, 0.4) is 0 Å². The van der Waals surface area contributed by atoms with Crippen LogP contribution < -0.4 is 0 Å². The Morgan fingerprint density at radius 2 is 1.79 bits per heavy atom. The largest absolute Gasteiger partial charge is 0.481 e. The molecule has 1 aromatic carbocycles. The number of ether oxygens (including phenoxy) is 1. The maximum atomic E-state index is 13.4. The number of esters is 1. The number of hydrogen-bond acceptors (Lipinski definition) is 7. The quantitative estimate of drug-likeness (QED) is 0.253. The summed E-state index contributed by atoms with van der Waals surface area (Å²) in [6, 6.07) is 8.91. The highest BCUT2D eigenvalue weighted by Crippen LogP contribution is 2.76. The first kappa shape index (κ1) is 26.8. The fourth-order valence-electron chi connectivity index (χ4n) is 7.97. The van der Waals surface area contributed by atoms with Crippen molar-refractivity contribution in [2.45, 2.75) is 63.8 Å². The van der Waals surface area contributed by atoms with Crippen LogP contribution in [0.2, 0.25) is 0 Å². The topological polar surface area (TPSA) is 141 Å². The Bertz CT molecular complexity index is 1250. The molecule has 38 heavy (non-hydrogen) atoms. The molecule has 0 aromatic heterocycles. The third-order valence-electron chi connectivity index (χ3n) is 10.0. The van der Waals surface area contributed by atoms with Gasteiger partial charge < -0.3 is 25.2 Å². The van der Waals surface area contributed by atoms with E-state index in [1.807, 2.05) is 26.8 Å². The molecule has 5 rings (SSSR count). The number of benzene rings is 1. The van der Waals surface area contributed by atoms with E-state index in [0.717, 1.165) is 0 Å². The molecule has 8 atom stereocenters. The highest BCUT2D eigenvalue weighted by Gasteiger charge is 2.83. The van der Waals surface area contributed by atoms with Gasteiger partial charge in [0.15, 0.2) is 11.7 Å². The summed E-state index contributed by atoms with van der Waals surface area (Å²) in [6.07, 6.45) is 3.55. The Hall–Kier alpha value is -2.81. The molecule has 4 aliphatic rings. The minimum Gasteiger partial charge on any atom is -0.481 e. The monoisotopic (exact) mass is 524 g/mol. The molecular weight excluding hydrogens is 488 g/mol. The number of carbonyl (C=O) groups excluding carboxylic acids is 2. The molecule has 1 unspecified atom stereocenters. The van der Waals surface area contributed by atoms with Crippen molar-refractivity contribution in [3.05, 3.63) is 59.2 Å². The molecule has 0 saturated heterocycles. The first-order chi connectivity index (χ1) is 17.7.